The lowest BCUT2D eigenvalue weighted by atomic mass is 9.94. The summed E-state index contributed by atoms with van der Waals surface area (Å²) in [4.78, 5) is 25.1. The van der Waals surface area contributed by atoms with Gasteiger partial charge in [0.2, 0.25) is 11.7 Å². The molecule has 0 saturated heterocycles. The Morgan fingerprint density at radius 2 is 1.71 bits per heavy atom. The minimum absolute atomic E-state index is 0.307. The van der Waals surface area contributed by atoms with Crippen LogP contribution in [-0.2, 0) is 4.79 Å². The maximum atomic E-state index is 13.8. The van der Waals surface area contributed by atoms with Crippen LogP contribution in [0.3, 0.4) is 0 Å². The van der Waals surface area contributed by atoms with Gasteiger partial charge < -0.3 is 29.7 Å². The van der Waals surface area contributed by atoms with Crippen molar-refractivity contribution in [3.63, 3.8) is 0 Å². The van der Waals surface area contributed by atoms with Gasteiger partial charge in [0, 0.05) is 36.2 Å². The van der Waals surface area contributed by atoms with Gasteiger partial charge in [-0.2, -0.15) is 4.98 Å². The van der Waals surface area contributed by atoms with E-state index in [1.165, 1.54) is 0 Å². The summed E-state index contributed by atoms with van der Waals surface area (Å²) in [5, 5.41) is 11.2. The lowest BCUT2D eigenvalue weighted by molar-refractivity contribution is -0.113. The maximum absolute atomic E-state index is 13.8. The summed E-state index contributed by atoms with van der Waals surface area (Å²) >= 11 is 0. The van der Waals surface area contributed by atoms with E-state index in [0.29, 0.717) is 51.5 Å². The molecule has 1 aliphatic rings. The zero-order valence-corrected chi connectivity index (χ0v) is 24.6. The molecule has 1 atom stereocenters. The maximum Gasteiger partial charge on any atom is 0.255 e. The van der Waals surface area contributed by atoms with Crippen molar-refractivity contribution < 1.29 is 19.0 Å². The molecule has 2 aromatic carbocycles. The topological polar surface area (TPSA) is 116 Å². The monoisotopic (exact) mass is 569 g/mol. The molecular formula is C31H35N7O4. The van der Waals surface area contributed by atoms with Crippen LogP contribution < -0.4 is 29.7 Å². The summed E-state index contributed by atoms with van der Waals surface area (Å²) in [6.07, 6.45) is 3.25. The van der Waals surface area contributed by atoms with Crippen molar-refractivity contribution in [1.82, 2.24) is 19.7 Å². The van der Waals surface area contributed by atoms with E-state index in [4.69, 9.17) is 24.3 Å². The summed E-state index contributed by atoms with van der Waals surface area (Å²) < 4.78 is 18.6. The Hall–Kier alpha value is -5.06. The van der Waals surface area contributed by atoms with Gasteiger partial charge in [0.1, 0.15) is 6.04 Å². The Morgan fingerprint density at radius 1 is 1.02 bits per heavy atom. The molecule has 1 aliphatic heterocycles. The minimum atomic E-state index is -0.664. The number of aromatic nitrogens is 4. The van der Waals surface area contributed by atoms with Crippen LogP contribution in [0, 0.1) is 0 Å². The van der Waals surface area contributed by atoms with Crippen molar-refractivity contribution in [2.45, 2.75) is 26.8 Å². The van der Waals surface area contributed by atoms with Gasteiger partial charge >= 0.3 is 0 Å². The Bertz CT molecular complexity index is 1570. The smallest absolute Gasteiger partial charge is 0.255 e. The normalized spacial score (nSPS) is 14.1. The number of carbonyl (C=O) groups excluding carboxylic acids is 1. The average molecular weight is 570 g/mol. The number of anilines is 3. The minimum Gasteiger partial charge on any atom is -0.493 e. The van der Waals surface area contributed by atoms with Gasteiger partial charge in [0.15, 0.2) is 17.3 Å². The number of nitrogens with one attached hydrogen (secondary N) is 2. The molecule has 218 valence electrons. The molecule has 0 spiro atoms. The zero-order chi connectivity index (χ0) is 29.8. The Morgan fingerprint density at radius 3 is 2.29 bits per heavy atom. The number of rotatable bonds is 10. The third-order valence-corrected chi connectivity index (χ3v) is 7.27. The Balaban J connectivity index is 1.63. The number of allylic oxidation sites excluding steroid dienone is 1. The van der Waals surface area contributed by atoms with Crippen molar-refractivity contribution in [3.8, 4) is 28.6 Å². The Labute approximate surface area is 245 Å². The summed E-state index contributed by atoms with van der Waals surface area (Å²) in [5.74, 6) is 2.10. The fourth-order valence-corrected chi connectivity index (χ4v) is 5.18. The predicted molar refractivity (Wildman–Crippen MR) is 162 cm³/mol. The van der Waals surface area contributed by atoms with Gasteiger partial charge in [0.05, 0.1) is 38.8 Å². The summed E-state index contributed by atoms with van der Waals surface area (Å²) in [6.45, 7) is 7.95. The first-order valence-electron chi connectivity index (χ1n) is 13.7. The van der Waals surface area contributed by atoms with E-state index in [-0.39, 0.29) is 5.91 Å². The van der Waals surface area contributed by atoms with Crippen molar-refractivity contribution >= 4 is 23.2 Å². The van der Waals surface area contributed by atoms with Gasteiger partial charge in [-0.05, 0) is 74.9 Å². The molecular weight excluding hydrogens is 534 g/mol. The molecule has 2 N–H and O–H groups in total. The van der Waals surface area contributed by atoms with Crippen LogP contribution in [0.2, 0.25) is 0 Å². The van der Waals surface area contributed by atoms with Gasteiger partial charge in [-0.1, -0.05) is 0 Å². The van der Waals surface area contributed by atoms with Crippen LogP contribution >= 0.6 is 0 Å². The lowest BCUT2D eigenvalue weighted by Crippen LogP contribution is -2.31. The van der Waals surface area contributed by atoms with Crippen molar-refractivity contribution in [3.05, 3.63) is 77.8 Å². The number of amides is 1. The molecule has 1 unspecified atom stereocenters. The fraction of sp³-hybridized carbons (Fsp3) is 0.290. The zero-order valence-electron chi connectivity index (χ0n) is 24.6. The van der Waals surface area contributed by atoms with E-state index in [0.717, 1.165) is 24.3 Å². The number of nitrogens with zero attached hydrogens (tertiary/aromatic N) is 5. The molecule has 2 aromatic heterocycles. The number of carbonyl (C=O) groups is 1. The third kappa shape index (κ3) is 5.32. The highest BCUT2D eigenvalue weighted by atomic mass is 16.5. The molecule has 0 bridgehead atoms. The first-order chi connectivity index (χ1) is 20.4. The number of methoxy groups -OCH3 is 3. The second-order valence-electron chi connectivity index (χ2n) is 9.64. The average Bonchev–Trinajstić information content (AvgIpc) is 3.44. The SMILES string of the molecule is CCN(CC)c1ccc(-c2nc3n(n2)C(c2cc(OC)c(OC)c(OC)c2)C(C(=O)Nc2cccnc2)=C(C)N3)cc1. The molecule has 11 nitrogen and oxygen atoms in total. The van der Waals surface area contributed by atoms with Gasteiger partial charge in [-0.25, -0.2) is 4.68 Å². The number of hydrogen-bond acceptors (Lipinski definition) is 9. The first-order valence-corrected chi connectivity index (χ1v) is 13.7. The van der Waals surface area contributed by atoms with Gasteiger partial charge in [0.25, 0.3) is 5.91 Å². The van der Waals surface area contributed by atoms with Crippen molar-refractivity contribution in [1.29, 1.82) is 0 Å². The Kier molecular flexibility index (Phi) is 8.28. The van der Waals surface area contributed by atoms with Crippen LogP contribution in [0.4, 0.5) is 17.3 Å². The van der Waals surface area contributed by atoms with Crippen LogP contribution in [0.1, 0.15) is 32.4 Å². The quantitative estimate of drug-likeness (QED) is 0.268. The van der Waals surface area contributed by atoms with Crippen LogP contribution in [-0.4, -0.2) is 60.1 Å². The van der Waals surface area contributed by atoms with Gasteiger partial charge in [-0.3, -0.25) is 9.78 Å². The second-order valence-corrected chi connectivity index (χ2v) is 9.64. The van der Waals surface area contributed by atoms with E-state index in [9.17, 15) is 4.79 Å². The predicted octanol–water partition coefficient (Wildman–Crippen LogP) is 5.14. The first kappa shape index (κ1) is 28.5. The second kappa shape index (κ2) is 12.2. The molecule has 3 heterocycles. The molecule has 4 aromatic rings. The molecule has 0 saturated carbocycles. The van der Waals surface area contributed by atoms with Gasteiger partial charge in [-0.15, -0.1) is 5.10 Å². The van der Waals surface area contributed by atoms with Crippen LogP contribution in [0.15, 0.2) is 72.2 Å². The molecule has 0 fully saturated rings. The van der Waals surface area contributed by atoms with E-state index < -0.39 is 6.04 Å². The van der Waals surface area contributed by atoms with E-state index in [1.807, 2.05) is 31.2 Å². The number of pyridine rings is 1. The molecule has 5 rings (SSSR count). The number of hydrogen-bond donors (Lipinski definition) is 2. The largest absolute Gasteiger partial charge is 0.493 e. The van der Waals surface area contributed by atoms with Crippen molar-refractivity contribution in [2.24, 2.45) is 0 Å². The summed E-state index contributed by atoms with van der Waals surface area (Å²) in [7, 11) is 4.66. The van der Waals surface area contributed by atoms with Crippen LogP contribution in [0.5, 0.6) is 17.2 Å². The number of benzene rings is 2. The third-order valence-electron chi connectivity index (χ3n) is 7.27. The number of ether oxygens (including phenoxy) is 3. The molecule has 0 radical (unpaired) electrons. The molecule has 0 aliphatic carbocycles. The summed E-state index contributed by atoms with van der Waals surface area (Å²) in [6, 6.07) is 14.7. The van der Waals surface area contributed by atoms with E-state index >= 15 is 0 Å². The summed E-state index contributed by atoms with van der Waals surface area (Å²) in [5.41, 5.74) is 4.36. The highest BCUT2D eigenvalue weighted by Gasteiger charge is 2.36. The standard InChI is InChI=1S/C31H35N7O4/c1-7-37(8-2)23-13-11-20(12-14-23)29-35-31-33-19(3)26(30(39)34-22-10-9-15-32-18-22)27(38(31)36-29)21-16-24(40-4)28(42-6)25(17-21)41-5/h9-18,27H,7-8H2,1-6H3,(H,34,39)(H,33,35,36). The fourth-order valence-electron chi connectivity index (χ4n) is 5.18. The van der Waals surface area contributed by atoms with Crippen molar-refractivity contribution in [2.75, 3.05) is 50.0 Å². The highest BCUT2D eigenvalue weighted by molar-refractivity contribution is 6.06. The molecule has 42 heavy (non-hydrogen) atoms. The van der Waals surface area contributed by atoms with E-state index in [1.54, 1.807) is 50.5 Å². The number of fused-ring (bicyclic) bond motifs is 1. The highest BCUT2D eigenvalue weighted by Crippen LogP contribution is 2.44. The molecule has 1 amide bonds. The van der Waals surface area contributed by atoms with Crippen LogP contribution in [0.25, 0.3) is 11.4 Å². The van der Waals surface area contributed by atoms with E-state index in [2.05, 4.69) is 46.5 Å². The lowest BCUT2D eigenvalue weighted by Gasteiger charge is -2.29. The molecule has 11 heteroatoms.